The summed E-state index contributed by atoms with van der Waals surface area (Å²) in [5.41, 5.74) is 0.924. The molecule has 2 heteroatoms. The first kappa shape index (κ1) is 20.8. The molecule has 17 heavy (non-hydrogen) atoms. The summed E-state index contributed by atoms with van der Waals surface area (Å²) in [6.45, 7) is 12.4. The standard InChI is InChI=1S/C7H8O.2C3H6.C2H6O/c1-6-4-2-3-5-7(6)8;3*1-3-2/h2-5,8H,1H3;2*3H,1H2,2H3;1-2H3. The fraction of sp³-hybridized carbons (Fsp3) is 0.333. The first-order valence-electron chi connectivity index (χ1n) is 5.34. The van der Waals surface area contributed by atoms with Crippen LogP contribution in [0.3, 0.4) is 0 Å². The number of hydrogen-bond donors (Lipinski definition) is 1. The molecule has 0 amide bonds. The lowest BCUT2D eigenvalue weighted by Gasteiger charge is -1.92. The molecule has 2 nitrogen and oxygen atoms in total. The second-order valence-electron chi connectivity index (χ2n) is 3.01. The van der Waals surface area contributed by atoms with Crippen LogP contribution in [-0.2, 0) is 4.74 Å². The van der Waals surface area contributed by atoms with Crippen molar-refractivity contribution in [3.8, 4) is 5.75 Å². The van der Waals surface area contributed by atoms with Crippen molar-refractivity contribution in [2.45, 2.75) is 20.8 Å². The molecule has 0 aliphatic carbocycles. The van der Waals surface area contributed by atoms with Crippen LogP contribution >= 0.6 is 0 Å². The van der Waals surface area contributed by atoms with Crippen LogP contribution in [0.5, 0.6) is 5.75 Å². The molecule has 0 saturated carbocycles. The van der Waals surface area contributed by atoms with E-state index in [1.807, 2.05) is 39.0 Å². The highest BCUT2D eigenvalue weighted by Gasteiger charge is 1.86. The molecule has 0 spiro atoms. The number of hydrogen-bond acceptors (Lipinski definition) is 2. The molecule has 0 radical (unpaired) electrons. The Morgan fingerprint density at radius 3 is 1.53 bits per heavy atom. The van der Waals surface area contributed by atoms with Crippen molar-refractivity contribution in [2.24, 2.45) is 0 Å². The molecule has 0 atom stereocenters. The highest BCUT2D eigenvalue weighted by Crippen LogP contribution is 2.12. The average Bonchev–Trinajstić information content (AvgIpc) is 2.26. The third kappa shape index (κ3) is 25.1. The number of allylic oxidation sites excluding steroid dienone is 2. The normalized spacial score (nSPS) is 6.88. The Bertz CT molecular complexity index is 240. The number of ether oxygens (including phenoxy) is 1. The van der Waals surface area contributed by atoms with Crippen molar-refractivity contribution in [1.82, 2.24) is 0 Å². The minimum absolute atomic E-state index is 0.368. The summed E-state index contributed by atoms with van der Waals surface area (Å²) >= 11 is 0. The van der Waals surface area contributed by atoms with Gasteiger partial charge in [0.05, 0.1) is 0 Å². The minimum Gasteiger partial charge on any atom is -0.508 e. The number of aryl methyl sites for hydroxylation is 1. The Morgan fingerprint density at radius 2 is 1.35 bits per heavy atom. The van der Waals surface area contributed by atoms with Crippen LogP contribution in [0.25, 0.3) is 0 Å². The SMILES string of the molecule is C=CC.C=CC.COC.Cc1ccccc1O. The van der Waals surface area contributed by atoms with Gasteiger partial charge in [0.1, 0.15) is 5.75 Å². The fourth-order valence-corrected chi connectivity index (χ4v) is 0.563. The third-order valence-electron chi connectivity index (χ3n) is 1.12. The fourth-order valence-electron chi connectivity index (χ4n) is 0.563. The molecule has 1 rings (SSSR count). The van der Waals surface area contributed by atoms with E-state index in [2.05, 4.69) is 17.9 Å². The maximum absolute atomic E-state index is 8.92. The van der Waals surface area contributed by atoms with Gasteiger partial charge in [-0.15, -0.1) is 13.2 Å². The van der Waals surface area contributed by atoms with Gasteiger partial charge in [0, 0.05) is 14.2 Å². The molecule has 98 valence electrons. The molecular formula is C15H26O2. The topological polar surface area (TPSA) is 29.5 Å². The predicted molar refractivity (Wildman–Crippen MR) is 77.5 cm³/mol. The first-order chi connectivity index (χ1) is 8.05. The van der Waals surface area contributed by atoms with Gasteiger partial charge in [0.2, 0.25) is 0 Å². The van der Waals surface area contributed by atoms with Gasteiger partial charge >= 0.3 is 0 Å². The molecule has 0 bridgehead atoms. The number of benzene rings is 1. The largest absolute Gasteiger partial charge is 0.508 e. The van der Waals surface area contributed by atoms with Crippen molar-refractivity contribution in [3.05, 3.63) is 55.1 Å². The van der Waals surface area contributed by atoms with Gasteiger partial charge in [0.25, 0.3) is 0 Å². The second-order valence-corrected chi connectivity index (χ2v) is 3.01. The maximum atomic E-state index is 8.92. The van der Waals surface area contributed by atoms with Gasteiger partial charge in [-0.2, -0.15) is 0 Å². The van der Waals surface area contributed by atoms with Gasteiger partial charge in [-0.1, -0.05) is 30.4 Å². The highest BCUT2D eigenvalue weighted by atomic mass is 16.4. The summed E-state index contributed by atoms with van der Waals surface area (Å²) in [7, 11) is 3.25. The Kier molecular flexibility index (Phi) is 24.4. The zero-order valence-electron chi connectivity index (χ0n) is 11.7. The van der Waals surface area contributed by atoms with Crippen molar-refractivity contribution in [2.75, 3.05) is 14.2 Å². The zero-order chi connectivity index (χ0) is 14.1. The van der Waals surface area contributed by atoms with Crippen LogP contribution < -0.4 is 0 Å². The van der Waals surface area contributed by atoms with E-state index in [1.165, 1.54) is 0 Å². The molecule has 0 heterocycles. The number of phenols is 1. The van der Waals surface area contributed by atoms with Crippen molar-refractivity contribution in [3.63, 3.8) is 0 Å². The van der Waals surface area contributed by atoms with Gasteiger partial charge < -0.3 is 9.84 Å². The molecule has 0 fully saturated rings. The highest BCUT2D eigenvalue weighted by molar-refractivity contribution is 5.29. The molecule has 0 aromatic heterocycles. The minimum atomic E-state index is 0.368. The zero-order valence-corrected chi connectivity index (χ0v) is 11.7. The first-order valence-corrected chi connectivity index (χ1v) is 5.34. The Morgan fingerprint density at radius 1 is 1.06 bits per heavy atom. The van der Waals surface area contributed by atoms with Gasteiger partial charge in [-0.3, -0.25) is 0 Å². The summed E-state index contributed by atoms with van der Waals surface area (Å²) in [6.07, 6.45) is 3.50. The van der Waals surface area contributed by atoms with E-state index in [0.717, 1.165) is 5.56 Å². The van der Waals surface area contributed by atoms with Crippen LogP contribution in [0.2, 0.25) is 0 Å². The molecule has 0 unspecified atom stereocenters. The van der Waals surface area contributed by atoms with E-state index < -0.39 is 0 Å². The van der Waals surface area contributed by atoms with E-state index in [4.69, 9.17) is 5.11 Å². The number of phenolic OH excluding ortho intramolecular Hbond substituents is 1. The molecule has 0 aliphatic rings. The van der Waals surface area contributed by atoms with E-state index >= 15 is 0 Å². The summed E-state index contributed by atoms with van der Waals surface area (Å²) in [5.74, 6) is 0.368. The molecular weight excluding hydrogens is 212 g/mol. The number of para-hydroxylation sites is 1. The monoisotopic (exact) mass is 238 g/mol. The average molecular weight is 238 g/mol. The summed E-state index contributed by atoms with van der Waals surface area (Å²) in [5, 5.41) is 8.92. The second kappa shape index (κ2) is 19.9. The number of rotatable bonds is 0. The van der Waals surface area contributed by atoms with E-state index in [0.29, 0.717) is 5.75 Å². The number of methoxy groups -OCH3 is 1. The maximum Gasteiger partial charge on any atom is 0.118 e. The van der Waals surface area contributed by atoms with Crippen molar-refractivity contribution in [1.29, 1.82) is 0 Å². The molecule has 1 N–H and O–H groups in total. The van der Waals surface area contributed by atoms with Gasteiger partial charge in [-0.05, 0) is 32.4 Å². The van der Waals surface area contributed by atoms with Crippen LogP contribution in [-0.4, -0.2) is 19.3 Å². The summed E-state index contributed by atoms with van der Waals surface area (Å²) in [4.78, 5) is 0. The Balaban J connectivity index is -0.000000184. The number of aromatic hydroxyl groups is 1. The summed E-state index contributed by atoms with van der Waals surface area (Å²) < 4.78 is 4.25. The molecule has 1 aromatic carbocycles. The smallest absolute Gasteiger partial charge is 0.118 e. The van der Waals surface area contributed by atoms with E-state index in [9.17, 15) is 0 Å². The quantitative estimate of drug-likeness (QED) is 0.681. The lowest BCUT2D eigenvalue weighted by atomic mass is 10.2. The van der Waals surface area contributed by atoms with Crippen LogP contribution in [0, 0.1) is 6.92 Å². The van der Waals surface area contributed by atoms with Gasteiger partial charge in [0.15, 0.2) is 0 Å². The van der Waals surface area contributed by atoms with Gasteiger partial charge in [-0.25, -0.2) is 0 Å². The predicted octanol–water partition coefficient (Wildman–Crippen LogP) is 4.35. The van der Waals surface area contributed by atoms with E-state index in [1.54, 1.807) is 32.4 Å². The van der Waals surface area contributed by atoms with E-state index in [-0.39, 0.29) is 0 Å². The molecule has 1 aromatic rings. The van der Waals surface area contributed by atoms with Crippen molar-refractivity contribution < 1.29 is 9.84 Å². The molecule has 0 aliphatic heterocycles. The Labute approximate surface area is 106 Å². The summed E-state index contributed by atoms with van der Waals surface area (Å²) in [6, 6.07) is 7.25. The van der Waals surface area contributed by atoms with Crippen molar-refractivity contribution >= 4 is 0 Å². The lowest BCUT2D eigenvalue weighted by Crippen LogP contribution is -1.68. The third-order valence-corrected chi connectivity index (χ3v) is 1.12. The Hall–Kier alpha value is -1.54. The lowest BCUT2D eigenvalue weighted by molar-refractivity contribution is 0.277. The van der Waals surface area contributed by atoms with Crippen LogP contribution in [0.4, 0.5) is 0 Å². The molecule has 0 saturated heterocycles. The van der Waals surface area contributed by atoms with Crippen LogP contribution in [0.1, 0.15) is 19.4 Å². The van der Waals surface area contributed by atoms with Crippen LogP contribution in [0.15, 0.2) is 49.6 Å².